The first-order valence-corrected chi connectivity index (χ1v) is 11.0. The standard InChI is InChI=1S/C24H36N2O3/c1-18-14-19(2)16-21(15-18)23(28)26-11-8-24(9-12-26)6-4-20(5-7-24)17-22(27)25-10-13-29-3/h14-16,20H,4-13,17H2,1-3H3,(H,25,27). The molecule has 1 spiro atoms. The molecule has 2 amide bonds. The smallest absolute Gasteiger partial charge is 0.253 e. The molecule has 0 aromatic heterocycles. The largest absolute Gasteiger partial charge is 0.383 e. The molecule has 160 valence electrons. The zero-order chi connectivity index (χ0) is 20.9. The second-order valence-corrected chi connectivity index (χ2v) is 9.16. The molecular formula is C24H36N2O3. The molecule has 5 nitrogen and oxygen atoms in total. The van der Waals surface area contributed by atoms with Gasteiger partial charge in [0.2, 0.25) is 5.91 Å². The van der Waals surface area contributed by atoms with Gasteiger partial charge in [0.1, 0.15) is 0 Å². The van der Waals surface area contributed by atoms with Gasteiger partial charge in [0.25, 0.3) is 5.91 Å². The first-order chi connectivity index (χ1) is 13.9. The minimum atomic E-state index is 0.150. The molecular weight excluding hydrogens is 364 g/mol. The lowest BCUT2D eigenvalue weighted by Gasteiger charge is -2.46. The fourth-order valence-electron chi connectivity index (χ4n) is 5.09. The third-order valence-corrected chi connectivity index (χ3v) is 6.85. The Balaban J connectivity index is 1.46. The predicted octanol–water partition coefficient (Wildman–Crippen LogP) is 3.87. The maximum Gasteiger partial charge on any atom is 0.253 e. The molecule has 1 aliphatic carbocycles. The van der Waals surface area contributed by atoms with Crippen molar-refractivity contribution >= 4 is 11.8 Å². The number of carbonyl (C=O) groups is 2. The summed E-state index contributed by atoms with van der Waals surface area (Å²) in [6, 6.07) is 6.11. The van der Waals surface area contributed by atoms with E-state index < -0.39 is 0 Å². The van der Waals surface area contributed by atoms with Crippen molar-refractivity contribution in [2.75, 3.05) is 33.4 Å². The lowest BCUT2D eigenvalue weighted by molar-refractivity contribution is -0.122. The minimum Gasteiger partial charge on any atom is -0.383 e. The number of hydrogen-bond donors (Lipinski definition) is 1. The van der Waals surface area contributed by atoms with E-state index in [2.05, 4.69) is 11.4 Å². The Morgan fingerprint density at radius 2 is 1.69 bits per heavy atom. The number of aryl methyl sites for hydroxylation is 2. The fourth-order valence-corrected chi connectivity index (χ4v) is 5.09. The third-order valence-electron chi connectivity index (χ3n) is 6.85. The molecule has 1 aromatic rings. The van der Waals surface area contributed by atoms with Crippen molar-refractivity contribution in [3.63, 3.8) is 0 Å². The molecule has 5 heteroatoms. The zero-order valence-corrected chi connectivity index (χ0v) is 18.3. The summed E-state index contributed by atoms with van der Waals surface area (Å²) in [4.78, 5) is 27.0. The van der Waals surface area contributed by atoms with Gasteiger partial charge in [-0.3, -0.25) is 9.59 Å². The Hall–Kier alpha value is -1.88. The average Bonchev–Trinajstić information content (AvgIpc) is 2.69. The molecule has 0 radical (unpaired) electrons. The number of piperidine rings is 1. The molecule has 3 rings (SSSR count). The van der Waals surface area contributed by atoms with E-state index in [1.807, 2.05) is 30.9 Å². The summed E-state index contributed by atoms with van der Waals surface area (Å²) in [6.07, 6.45) is 7.46. The van der Waals surface area contributed by atoms with Crippen molar-refractivity contribution < 1.29 is 14.3 Å². The first kappa shape index (κ1) is 21.8. The van der Waals surface area contributed by atoms with Gasteiger partial charge in [-0.2, -0.15) is 0 Å². The van der Waals surface area contributed by atoms with Crippen LogP contribution in [0.5, 0.6) is 0 Å². The van der Waals surface area contributed by atoms with E-state index in [1.54, 1.807) is 7.11 Å². The van der Waals surface area contributed by atoms with Crippen LogP contribution >= 0.6 is 0 Å². The van der Waals surface area contributed by atoms with E-state index in [4.69, 9.17) is 4.74 Å². The highest BCUT2D eigenvalue weighted by molar-refractivity contribution is 5.94. The van der Waals surface area contributed by atoms with Gasteiger partial charge in [0.15, 0.2) is 0 Å². The Bertz CT molecular complexity index is 693. The summed E-state index contributed by atoms with van der Waals surface area (Å²) in [5.41, 5.74) is 3.49. The van der Waals surface area contributed by atoms with Crippen molar-refractivity contribution in [2.45, 2.75) is 58.8 Å². The van der Waals surface area contributed by atoms with Crippen LogP contribution in [0.15, 0.2) is 18.2 Å². The van der Waals surface area contributed by atoms with Gasteiger partial charge in [-0.25, -0.2) is 0 Å². The van der Waals surface area contributed by atoms with E-state index >= 15 is 0 Å². The molecule has 2 aliphatic rings. The highest BCUT2D eigenvalue weighted by atomic mass is 16.5. The van der Waals surface area contributed by atoms with Gasteiger partial charge >= 0.3 is 0 Å². The summed E-state index contributed by atoms with van der Waals surface area (Å²) >= 11 is 0. The number of nitrogens with one attached hydrogen (secondary N) is 1. The van der Waals surface area contributed by atoms with Crippen LogP contribution in [0.4, 0.5) is 0 Å². The van der Waals surface area contributed by atoms with Crippen molar-refractivity contribution in [1.82, 2.24) is 10.2 Å². The molecule has 1 aliphatic heterocycles. The average molecular weight is 401 g/mol. The number of carbonyl (C=O) groups excluding carboxylic acids is 2. The second-order valence-electron chi connectivity index (χ2n) is 9.16. The van der Waals surface area contributed by atoms with E-state index in [-0.39, 0.29) is 11.8 Å². The summed E-state index contributed by atoms with van der Waals surface area (Å²) in [7, 11) is 1.65. The summed E-state index contributed by atoms with van der Waals surface area (Å²) in [6.45, 7) is 6.96. The van der Waals surface area contributed by atoms with Gasteiger partial charge in [-0.1, -0.05) is 17.2 Å². The molecule has 1 heterocycles. The lowest BCUT2D eigenvalue weighted by Crippen LogP contribution is -2.44. The minimum absolute atomic E-state index is 0.150. The second kappa shape index (κ2) is 9.75. The van der Waals surface area contributed by atoms with Crippen LogP contribution in [0, 0.1) is 25.2 Å². The van der Waals surface area contributed by atoms with Gasteiger partial charge < -0.3 is 15.0 Å². The molecule has 1 aromatic carbocycles. The highest BCUT2D eigenvalue weighted by Crippen LogP contribution is 2.47. The quantitative estimate of drug-likeness (QED) is 0.738. The SMILES string of the molecule is COCCNC(=O)CC1CCC2(CC1)CCN(C(=O)c1cc(C)cc(C)c1)CC2. The number of ether oxygens (including phenoxy) is 1. The normalized spacial score (nSPS) is 19.3. The van der Waals surface area contributed by atoms with Crippen molar-refractivity contribution in [3.8, 4) is 0 Å². The number of nitrogens with zero attached hydrogens (tertiary/aromatic N) is 1. The van der Waals surface area contributed by atoms with Gasteiger partial charge in [-0.15, -0.1) is 0 Å². The number of rotatable bonds is 6. The number of likely N-dealkylation sites (tertiary alicyclic amines) is 1. The van der Waals surface area contributed by atoms with E-state index in [0.29, 0.717) is 30.9 Å². The van der Waals surface area contributed by atoms with E-state index in [9.17, 15) is 9.59 Å². The molecule has 2 fully saturated rings. The van der Waals surface area contributed by atoms with Crippen LogP contribution in [0.25, 0.3) is 0 Å². The van der Waals surface area contributed by atoms with Gasteiger partial charge in [-0.05, 0) is 75.8 Å². The molecule has 0 atom stereocenters. The monoisotopic (exact) mass is 400 g/mol. The molecule has 0 bridgehead atoms. The van der Waals surface area contributed by atoms with Gasteiger partial charge in [0, 0.05) is 38.7 Å². The lowest BCUT2D eigenvalue weighted by atomic mass is 9.65. The van der Waals surface area contributed by atoms with Crippen LogP contribution in [0.3, 0.4) is 0 Å². The maximum absolute atomic E-state index is 12.9. The molecule has 1 saturated carbocycles. The number of hydrogen-bond acceptors (Lipinski definition) is 3. The van der Waals surface area contributed by atoms with Crippen LogP contribution in [0.2, 0.25) is 0 Å². The Morgan fingerprint density at radius 3 is 2.28 bits per heavy atom. The fraction of sp³-hybridized carbons (Fsp3) is 0.667. The zero-order valence-electron chi connectivity index (χ0n) is 18.3. The van der Waals surface area contributed by atoms with E-state index in [1.165, 1.54) is 12.8 Å². The third kappa shape index (κ3) is 5.81. The van der Waals surface area contributed by atoms with Gasteiger partial charge in [0.05, 0.1) is 6.61 Å². The van der Waals surface area contributed by atoms with Crippen molar-refractivity contribution in [1.29, 1.82) is 0 Å². The van der Waals surface area contributed by atoms with E-state index in [0.717, 1.165) is 55.5 Å². The first-order valence-electron chi connectivity index (χ1n) is 11.0. The number of benzene rings is 1. The number of amides is 2. The van der Waals surface area contributed by atoms with Crippen LogP contribution in [0.1, 0.15) is 66.4 Å². The Labute approximate surface area is 175 Å². The number of methoxy groups -OCH3 is 1. The molecule has 29 heavy (non-hydrogen) atoms. The summed E-state index contributed by atoms with van der Waals surface area (Å²) < 4.78 is 4.98. The predicted molar refractivity (Wildman–Crippen MR) is 115 cm³/mol. The maximum atomic E-state index is 12.9. The molecule has 1 N–H and O–H groups in total. The highest BCUT2D eigenvalue weighted by Gasteiger charge is 2.39. The van der Waals surface area contributed by atoms with Crippen molar-refractivity contribution in [2.24, 2.45) is 11.3 Å². The van der Waals surface area contributed by atoms with Crippen LogP contribution < -0.4 is 5.32 Å². The molecule has 0 unspecified atom stereocenters. The van der Waals surface area contributed by atoms with Crippen LogP contribution in [-0.4, -0.2) is 50.1 Å². The van der Waals surface area contributed by atoms with Crippen molar-refractivity contribution in [3.05, 3.63) is 34.9 Å². The molecule has 1 saturated heterocycles. The summed E-state index contributed by atoms with van der Waals surface area (Å²) in [5, 5.41) is 2.94. The topological polar surface area (TPSA) is 58.6 Å². The Morgan fingerprint density at radius 1 is 1.07 bits per heavy atom. The summed E-state index contributed by atoms with van der Waals surface area (Å²) in [5.74, 6) is 0.822. The Kier molecular flexibility index (Phi) is 7.33. The van der Waals surface area contributed by atoms with Crippen LogP contribution in [-0.2, 0) is 9.53 Å².